The van der Waals surface area contributed by atoms with Crippen molar-refractivity contribution in [2.24, 2.45) is 0 Å². The van der Waals surface area contributed by atoms with Crippen LogP contribution in [0.1, 0.15) is 12.5 Å². The molecular formula is C20H16N4O. The molecule has 0 saturated heterocycles. The van der Waals surface area contributed by atoms with Crippen molar-refractivity contribution in [2.75, 3.05) is 10.6 Å². The largest absolute Gasteiger partial charge is 0.354 e. The Balaban J connectivity index is 1.83. The number of carbonyl (C=O) groups is 1. The molecule has 122 valence electrons. The summed E-state index contributed by atoms with van der Waals surface area (Å²) in [5, 5.41) is 14.9. The SMILES string of the molecule is CC(=O)Nc1cccc(-c2cncc(Nc3ccc(C#N)cc3)c2)c1. The zero-order valence-electron chi connectivity index (χ0n) is 13.7. The maximum absolute atomic E-state index is 11.2. The summed E-state index contributed by atoms with van der Waals surface area (Å²) in [7, 11) is 0. The fraction of sp³-hybridized carbons (Fsp3) is 0.0500. The van der Waals surface area contributed by atoms with Crippen molar-refractivity contribution >= 4 is 23.0 Å². The fourth-order valence-electron chi connectivity index (χ4n) is 2.44. The number of hydrogen-bond donors (Lipinski definition) is 2. The topological polar surface area (TPSA) is 77.8 Å². The molecule has 5 heteroatoms. The van der Waals surface area contributed by atoms with E-state index in [0.717, 1.165) is 28.2 Å². The molecule has 1 amide bonds. The molecule has 2 aromatic carbocycles. The number of nitrogens with one attached hydrogen (secondary N) is 2. The summed E-state index contributed by atoms with van der Waals surface area (Å²) in [6, 6.07) is 18.9. The van der Waals surface area contributed by atoms with E-state index in [0.29, 0.717) is 5.56 Å². The lowest BCUT2D eigenvalue weighted by atomic mass is 10.1. The van der Waals surface area contributed by atoms with Crippen LogP contribution in [0.2, 0.25) is 0 Å². The van der Waals surface area contributed by atoms with Gasteiger partial charge < -0.3 is 10.6 Å². The van der Waals surface area contributed by atoms with E-state index in [9.17, 15) is 4.79 Å². The van der Waals surface area contributed by atoms with Gasteiger partial charge in [-0.15, -0.1) is 0 Å². The molecule has 0 fully saturated rings. The molecule has 0 spiro atoms. The van der Waals surface area contributed by atoms with Crippen LogP contribution in [0.4, 0.5) is 17.1 Å². The Morgan fingerprint density at radius 3 is 2.44 bits per heavy atom. The Hall–Kier alpha value is -3.65. The molecule has 0 unspecified atom stereocenters. The van der Waals surface area contributed by atoms with Crippen LogP contribution in [0.25, 0.3) is 11.1 Å². The monoisotopic (exact) mass is 328 g/mol. The smallest absolute Gasteiger partial charge is 0.221 e. The first-order valence-corrected chi connectivity index (χ1v) is 7.74. The Morgan fingerprint density at radius 1 is 0.960 bits per heavy atom. The highest BCUT2D eigenvalue weighted by atomic mass is 16.1. The van der Waals surface area contributed by atoms with Crippen molar-refractivity contribution in [2.45, 2.75) is 6.92 Å². The molecule has 2 N–H and O–H groups in total. The van der Waals surface area contributed by atoms with Gasteiger partial charge in [0, 0.05) is 30.1 Å². The lowest BCUT2D eigenvalue weighted by Gasteiger charge is -2.09. The first-order chi connectivity index (χ1) is 12.1. The van der Waals surface area contributed by atoms with Gasteiger partial charge in [-0.2, -0.15) is 5.26 Å². The molecule has 0 saturated carbocycles. The summed E-state index contributed by atoms with van der Waals surface area (Å²) in [5.41, 5.74) is 4.98. The quantitative estimate of drug-likeness (QED) is 0.747. The van der Waals surface area contributed by atoms with Gasteiger partial charge >= 0.3 is 0 Å². The number of rotatable bonds is 4. The number of nitriles is 1. The van der Waals surface area contributed by atoms with Crippen LogP contribution in [0.3, 0.4) is 0 Å². The van der Waals surface area contributed by atoms with E-state index in [1.807, 2.05) is 42.5 Å². The third-order valence-corrected chi connectivity index (χ3v) is 3.56. The molecule has 25 heavy (non-hydrogen) atoms. The standard InChI is InChI=1S/C20H16N4O/c1-14(25)23-19-4-2-3-16(9-19)17-10-20(13-22-12-17)24-18-7-5-15(11-21)6-8-18/h2-10,12-13,24H,1H3,(H,23,25). The van der Waals surface area contributed by atoms with E-state index >= 15 is 0 Å². The molecule has 0 radical (unpaired) electrons. The molecule has 0 aliphatic carbocycles. The Labute approximate surface area is 146 Å². The van der Waals surface area contributed by atoms with Crippen molar-refractivity contribution in [1.29, 1.82) is 5.26 Å². The van der Waals surface area contributed by atoms with Crippen molar-refractivity contribution in [1.82, 2.24) is 4.98 Å². The van der Waals surface area contributed by atoms with Gasteiger partial charge in [-0.3, -0.25) is 9.78 Å². The minimum Gasteiger partial charge on any atom is -0.354 e. The Bertz CT molecular complexity index is 942. The van der Waals surface area contributed by atoms with Crippen LogP contribution >= 0.6 is 0 Å². The number of aromatic nitrogens is 1. The molecule has 0 bridgehead atoms. The van der Waals surface area contributed by atoms with E-state index in [2.05, 4.69) is 21.7 Å². The molecule has 3 rings (SSSR count). The summed E-state index contributed by atoms with van der Waals surface area (Å²) in [6.45, 7) is 1.48. The van der Waals surface area contributed by atoms with Crippen LogP contribution in [0.5, 0.6) is 0 Å². The highest BCUT2D eigenvalue weighted by Gasteiger charge is 2.03. The maximum Gasteiger partial charge on any atom is 0.221 e. The predicted octanol–water partition coefficient (Wildman–Crippen LogP) is 4.32. The Morgan fingerprint density at radius 2 is 1.72 bits per heavy atom. The number of hydrogen-bond acceptors (Lipinski definition) is 4. The zero-order chi connectivity index (χ0) is 17.6. The molecule has 0 aliphatic heterocycles. The average Bonchev–Trinajstić information content (AvgIpc) is 2.62. The highest BCUT2D eigenvalue weighted by Crippen LogP contribution is 2.25. The van der Waals surface area contributed by atoms with Crippen molar-refractivity contribution < 1.29 is 4.79 Å². The molecule has 3 aromatic rings. The minimum absolute atomic E-state index is 0.105. The van der Waals surface area contributed by atoms with Gasteiger partial charge in [-0.25, -0.2) is 0 Å². The summed E-state index contributed by atoms with van der Waals surface area (Å²) >= 11 is 0. The summed E-state index contributed by atoms with van der Waals surface area (Å²) in [4.78, 5) is 15.5. The van der Waals surface area contributed by atoms with Gasteiger partial charge in [0.2, 0.25) is 5.91 Å². The van der Waals surface area contributed by atoms with E-state index < -0.39 is 0 Å². The van der Waals surface area contributed by atoms with E-state index in [1.54, 1.807) is 24.5 Å². The Kier molecular flexibility index (Phi) is 4.72. The van der Waals surface area contributed by atoms with Crippen molar-refractivity contribution in [3.63, 3.8) is 0 Å². The third-order valence-electron chi connectivity index (χ3n) is 3.56. The summed E-state index contributed by atoms with van der Waals surface area (Å²) < 4.78 is 0. The molecular weight excluding hydrogens is 312 g/mol. The molecule has 5 nitrogen and oxygen atoms in total. The van der Waals surface area contributed by atoms with Crippen LogP contribution < -0.4 is 10.6 Å². The van der Waals surface area contributed by atoms with Gasteiger partial charge in [0.1, 0.15) is 0 Å². The lowest BCUT2D eigenvalue weighted by Crippen LogP contribution is -2.05. The maximum atomic E-state index is 11.2. The van der Waals surface area contributed by atoms with E-state index in [1.165, 1.54) is 6.92 Å². The number of amides is 1. The number of benzene rings is 2. The third kappa shape index (κ3) is 4.21. The van der Waals surface area contributed by atoms with Gasteiger partial charge in [-0.1, -0.05) is 12.1 Å². The normalized spacial score (nSPS) is 9.92. The van der Waals surface area contributed by atoms with Gasteiger partial charge in [-0.05, 0) is 48.0 Å². The second-order valence-corrected chi connectivity index (χ2v) is 5.54. The first kappa shape index (κ1) is 16.2. The first-order valence-electron chi connectivity index (χ1n) is 7.74. The summed E-state index contributed by atoms with van der Waals surface area (Å²) in [5.74, 6) is -0.105. The van der Waals surface area contributed by atoms with Crippen molar-refractivity contribution in [3.05, 3.63) is 72.6 Å². The number of nitrogens with zero attached hydrogens (tertiary/aromatic N) is 2. The molecule has 0 atom stereocenters. The van der Waals surface area contributed by atoms with Gasteiger partial charge in [0.05, 0.1) is 23.5 Å². The second-order valence-electron chi connectivity index (χ2n) is 5.54. The van der Waals surface area contributed by atoms with Crippen LogP contribution in [0, 0.1) is 11.3 Å². The number of carbonyl (C=O) groups excluding carboxylic acids is 1. The predicted molar refractivity (Wildman–Crippen MR) is 98.4 cm³/mol. The zero-order valence-corrected chi connectivity index (χ0v) is 13.7. The van der Waals surface area contributed by atoms with Gasteiger partial charge in [0.25, 0.3) is 0 Å². The number of anilines is 3. The van der Waals surface area contributed by atoms with Gasteiger partial charge in [0.15, 0.2) is 0 Å². The minimum atomic E-state index is -0.105. The number of pyridine rings is 1. The van der Waals surface area contributed by atoms with Crippen LogP contribution in [-0.4, -0.2) is 10.9 Å². The van der Waals surface area contributed by atoms with E-state index in [4.69, 9.17) is 5.26 Å². The average molecular weight is 328 g/mol. The molecule has 1 aromatic heterocycles. The lowest BCUT2D eigenvalue weighted by molar-refractivity contribution is -0.114. The molecule has 0 aliphatic rings. The highest BCUT2D eigenvalue weighted by molar-refractivity contribution is 5.89. The molecule has 1 heterocycles. The second kappa shape index (κ2) is 7.28. The van der Waals surface area contributed by atoms with Crippen molar-refractivity contribution in [3.8, 4) is 17.2 Å². The summed E-state index contributed by atoms with van der Waals surface area (Å²) in [6.07, 6.45) is 3.51. The fourth-order valence-corrected chi connectivity index (χ4v) is 2.44. The van der Waals surface area contributed by atoms with Crippen LogP contribution in [0.15, 0.2) is 67.0 Å². The van der Waals surface area contributed by atoms with E-state index in [-0.39, 0.29) is 5.91 Å². The van der Waals surface area contributed by atoms with Crippen LogP contribution in [-0.2, 0) is 4.79 Å².